The molecule has 6 nitrogen and oxygen atoms in total. The van der Waals surface area contributed by atoms with Crippen molar-refractivity contribution in [3.8, 4) is 23.0 Å². The zero-order valence-corrected chi connectivity index (χ0v) is 10.9. The molecular weight excluding hydrogens is 268 g/mol. The summed E-state index contributed by atoms with van der Waals surface area (Å²) < 4.78 is 10.7. The quantitative estimate of drug-likeness (QED) is 0.605. The highest BCUT2D eigenvalue weighted by Gasteiger charge is 2.17. The number of aromatic nitrogens is 3. The van der Waals surface area contributed by atoms with E-state index in [1.807, 2.05) is 24.3 Å². The molecule has 0 unspecified atom stereocenters. The molecule has 1 aromatic carbocycles. The molecule has 0 saturated heterocycles. The van der Waals surface area contributed by atoms with Gasteiger partial charge in [0.05, 0.1) is 11.3 Å². The van der Waals surface area contributed by atoms with Gasteiger partial charge in [0.2, 0.25) is 5.82 Å². The van der Waals surface area contributed by atoms with E-state index in [1.165, 1.54) is 0 Å². The highest BCUT2D eigenvalue weighted by molar-refractivity contribution is 5.92. The zero-order chi connectivity index (χ0) is 14.2. The summed E-state index contributed by atoms with van der Waals surface area (Å²) in [5.74, 6) is 0.730. The maximum atomic E-state index is 5.86. The van der Waals surface area contributed by atoms with Crippen LogP contribution in [0.15, 0.2) is 57.8 Å². The van der Waals surface area contributed by atoms with E-state index in [4.69, 9.17) is 14.7 Å². The van der Waals surface area contributed by atoms with Crippen LogP contribution in [-0.4, -0.2) is 15.1 Å². The molecule has 3 aromatic heterocycles. The number of para-hydroxylation sites is 1. The van der Waals surface area contributed by atoms with Gasteiger partial charge in [0.15, 0.2) is 5.69 Å². The molecule has 0 aliphatic carbocycles. The van der Waals surface area contributed by atoms with Gasteiger partial charge in [0, 0.05) is 11.6 Å². The third kappa shape index (κ3) is 1.85. The van der Waals surface area contributed by atoms with Crippen LogP contribution < -0.4 is 5.73 Å². The van der Waals surface area contributed by atoms with E-state index in [1.54, 1.807) is 24.6 Å². The first-order chi connectivity index (χ1) is 10.3. The summed E-state index contributed by atoms with van der Waals surface area (Å²) in [5.41, 5.74) is 8.38. The molecule has 0 spiro atoms. The SMILES string of the molecule is Nc1cccnc1-c1nc(-c2coc3ccccc23)no1. The third-order valence-corrected chi connectivity index (χ3v) is 3.19. The summed E-state index contributed by atoms with van der Waals surface area (Å²) in [7, 11) is 0. The number of furan rings is 1. The van der Waals surface area contributed by atoms with Gasteiger partial charge in [-0.3, -0.25) is 0 Å². The highest BCUT2D eigenvalue weighted by Crippen LogP contribution is 2.30. The van der Waals surface area contributed by atoms with Crippen LogP contribution in [0.25, 0.3) is 33.9 Å². The maximum Gasteiger partial charge on any atom is 0.278 e. The topological polar surface area (TPSA) is 91.0 Å². The summed E-state index contributed by atoms with van der Waals surface area (Å²) in [6.07, 6.45) is 3.24. The summed E-state index contributed by atoms with van der Waals surface area (Å²) in [5, 5.41) is 4.91. The van der Waals surface area contributed by atoms with Crippen molar-refractivity contribution < 1.29 is 8.94 Å². The number of rotatable bonds is 2. The Morgan fingerprint density at radius 1 is 1.05 bits per heavy atom. The van der Waals surface area contributed by atoms with Crippen LogP contribution in [0.2, 0.25) is 0 Å². The van der Waals surface area contributed by atoms with Crippen LogP contribution in [0.4, 0.5) is 5.69 Å². The minimum absolute atomic E-state index is 0.286. The number of pyridine rings is 1. The molecule has 4 rings (SSSR count). The first-order valence-electron chi connectivity index (χ1n) is 6.34. The molecule has 2 N–H and O–H groups in total. The van der Waals surface area contributed by atoms with Gasteiger partial charge in [-0.05, 0) is 18.2 Å². The minimum Gasteiger partial charge on any atom is -0.464 e. The normalized spacial score (nSPS) is 11.0. The number of anilines is 1. The second-order valence-corrected chi connectivity index (χ2v) is 4.51. The van der Waals surface area contributed by atoms with Crippen molar-refractivity contribution in [3.63, 3.8) is 0 Å². The van der Waals surface area contributed by atoms with Crippen molar-refractivity contribution in [2.75, 3.05) is 5.73 Å². The van der Waals surface area contributed by atoms with Gasteiger partial charge in [-0.15, -0.1) is 0 Å². The van der Waals surface area contributed by atoms with Gasteiger partial charge in [0.25, 0.3) is 5.89 Å². The van der Waals surface area contributed by atoms with E-state index in [0.717, 1.165) is 16.5 Å². The Kier molecular flexibility index (Phi) is 2.47. The molecule has 0 aliphatic rings. The van der Waals surface area contributed by atoms with E-state index < -0.39 is 0 Å². The Morgan fingerprint density at radius 3 is 2.86 bits per heavy atom. The lowest BCUT2D eigenvalue weighted by Gasteiger charge is -1.96. The lowest BCUT2D eigenvalue weighted by atomic mass is 10.2. The summed E-state index contributed by atoms with van der Waals surface area (Å²) in [6.45, 7) is 0. The molecule has 3 heterocycles. The first-order valence-corrected chi connectivity index (χ1v) is 6.34. The molecule has 0 radical (unpaired) electrons. The molecule has 0 amide bonds. The van der Waals surface area contributed by atoms with Gasteiger partial charge in [-0.25, -0.2) is 4.98 Å². The maximum absolute atomic E-state index is 5.86. The fourth-order valence-electron chi connectivity index (χ4n) is 2.18. The second kappa shape index (κ2) is 4.45. The van der Waals surface area contributed by atoms with Crippen molar-refractivity contribution in [3.05, 3.63) is 48.9 Å². The largest absolute Gasteiger partial charge is 0.464 e. The van der Waals surface area contributed by atoms with Crippen LogP contribution in [0.1, 0.15) is 0 Å². The minimum atomic E-state index is 0.286. The standard InChI is InChI=1S/C15H10N4O2/c16-11-5-3-7-17-13(11)15-18-14(19-21-15)10-8-20-12-6-2-1-4-9(10)12/h1-8H,16H2. The van der Waals surface area contributed by atoms with Gasteiger partial charge >= 0.3 is 0 Å². The number of hydrogen-bond acceptors (Lipinski definition) is 6. The van der Waals surface area contributed by atoms with Crippen molar-refractivity contribution in [2.24, 2.45) is 0 Å². The number of benzene rings is 1. The second-order valence-electron chi connectivity index (χ2n) is 4.51. The number of nitrogens with zero attached hydrogens (tertiary/aromatic N) is 3. The third-order valence-electron chi connectivity index (χ3n) is 3.19. The monoisotopic (exact) mass is 278 g/mol. The average molecular weight is 278 g/mol. The predicted molar refractivity (Wildman–Crippen MR) is 77.1 cm³/mol. The van der Waals surface area contributed by atoms with Crippen LogP contribution in [0.3, 0.4) is 0 Å². The van der Waals surface area contributed by atoms with Crippen molar-refractivity contribution in [2.45, 2.75) is 0 Å². The van der Waals surface area contributed by atoms with E-state index in [-0.39, 0.29) is 5.89 Å². The Labute approximate surface area is 119 Å². The predicted octanol–water partition coefficient (Wildman–Crippen LogP) is 3.13. The van der Waals surface area contributed by atoms with Gasteiger partial charge in [0.1, 0.15) is 11.8 Å². The van der Waals surface area contributed by atoms with Crippen LogP contribution in [0.5, 0.6) is 0 Å². The van der Waals surface area contributed by atoms with Crippen LogP contribution >= 0.6 is 0 Å². The van der Waals surface area contributed by atoms with Crippen LogP contribution in [0, 0.1) is 0 Å². The van der Waals surface area contributed by atoms with Crippen molar-refractivity contribution in [1.29, 1.82) is 0 Å². The van der Waals surface area contributed by atoms with E-state index in [0.29, 0.717) is 17.2 Å². The first kappa shape index (κ1) is 11.7. The Morgan fingerprint density at radius 2 is 1.95 bits per heavy atom. The molecule has 4 aromatic rings. The fraction of sp³-hybridized carbons (Fsp3) is 0. The van der Waals surface area contributed by atoms with E-state index in [9.17, 15) is 0 Å². The molecule has 21 heavy (non-hydrogen) atoms. The molecular formula is C15H10N4O2. The average Bonchev–Trinajstić information content (AvgIpc) is 3.14. The molecule has 0 bridgehead atoms. The van der Waals surface area contributed by atoms with E-state index >= 15 is 0 Å². The number of fused-ring (bicyclic) bond motifs is 1. The van der Waals surface area contributed by atoms with Crippen molar-refractivity contribution >= 4 is 16.7 Å². The lowest BCUT2D eigenvalue weighted by molar-refractivity contribution is 0.431. The Balaban J connectivity index is 1.83. The molecule has 0 saturated carbocycles. The summed E-state index contributed by atoms with van der Waals surface area (Å²) in [6, 6.07) is 11.2. The number of hydrogen-bond donors (Lipinski definition) is 1. The smallest absolute Gasteiger partial charge is 0.278 e. The lowest BCUT2D eigenvalue weighted by Crippen LogP contribution is -1.92. The summed E-state index contributed by atoms with van der Waals surface area (Å²) >= 11 is 0. The number of nitrogens with two attached hydrogens (primary N) is 1. The van der Waals surface area contributed by atoms with Crippen molar-refractivity contribution in [1.82, 2.24) is 15.1 Å². The fourth-order valence-corrected chi connectivity index (χ4v) is 2.18. The number of nitrogen functional groups attached to an aromatic ring is 1. The van der Waals surface area contributed by atoms with Gasteiger partial charge in [-0.2, -0.15) is 4.98 Å². The van der Waals surface area contributed by atoms with Gasteiger partial charge < -0.3 is 14.7 Å². The zero-order valence-electron chi connectivity index (χ0n) is 10.9. The molecule has 0 fully saturated rings. The Bertz CT molecular complexity index is 926. The molecule has 102 valence electrons. The summed E-state index contributed by atoms with van der Waals surface area (Å²) in [4.78, 5) is 8.51. The Hall–Kier alpha value is -3.15. The molecule has 0 atom stereocenters. The highest BCUT2D eigenvalue weighted by atomic mass is 16.5. The van der Waals surface area contributed by atoms with Gasteiger partial charge in [-0.1, -0.05) is 23.4 Å². The van der Waals surface area contributed by atoms with Crippen LogP contribution in [-0.2, 0) is 0 Å². The molecule has 6 heteroatoms. The molecule has 0 aliphatic heterocycles. The van der Waals surface area contributed by atoms with E-state index in [2.05, 4.69) is 15.1 Å².